The number of urea groups is 1. The summed E-state index contributed by atoms with van der Waals surface area (Å²) in [7, 11) is 3.65. The number of nitrogens with one attached hydrogen (secondary N) is 2. The van der Waals surface area contributed by atoms with E-state index in [0.717, 1.165) is 33.7 Å². The van der Waals surface area contributed by atoms with Crippen LogP contribution in [-0.4, -0.2) is 39.5 Å². The second kappa shape index (κ2) is 8.57. The van der Waals surface area contributed by atoms with Crippen molar-refractivity contribution in [1.82, 2.24) is 19.8 Å². The van der Waals surface area contributed by atoms with Gasteiger partial charge in [-0.2, -0.15) is 0 Å². The Bertz CT molecular complexity index is 1080. The molecule has 0 saturated carbocycles. The summed E-state index contributed by atoms with van der Waals surface area (Å²) >= 11 is 0. The molecule has 0 aliphatic heterocycles. The minimum atomic E-state index is -0.205. The van der Waals surface area contributed by atoms with Gasteiger partial charge >= 0.3 is 6.03 Å². The third kappa shape index (κ3) is 4.79. The summed E-state index contributed by atoms with van der Waals surface area (Å²) in [5, 5.41) is 5.82. The summed E-state index contributed by atoms with van der Waals surface area (Å²) in [6.45, 7) is 8.20. The quantitative estimate of drug-likeness (QED) is 0.671. The Labute approximate surface area is 177 Å². The topological polar surface area (TPSA) is 79.3 Å². The van der Waals surface area contributed by atoms with Gasteiger partial charge < -0.3 is 20.1 Å². The molecule has 0 atom stereocenters. The normalized spacial score (nSPS) is 11.0. The number of rotatable bonds is 5. The Morgan fingerprint density at radius 3 is 2.40 bits per heavy atom. The number of nitrogens with zero attached hydrogens (tertiary/aromatic N) is 3. The third-order valence-electron chi connectivity index (χ3n) is 4.85. The molecule has 3 rings (SSSR count). The van der Waals surface area contributed by atoms with E-state index in [1.807, 2.05) is 57.5 Å². The first-order chi connectivity index (χ1) is 14.1. The van der Waals surface area contributed by atoms with E-state index in [-0.39, 0.29) is 18.0 Å². The number of amides is 3. The number of hydrogen-bond acceptors (Lipinski definition) is 3. The third-order valence-corrected chi connectivity index (χ3v) is 4.85. The lowest BCUT2D eigenvalue weighted by Crippen LogP contribution is -2.31. The molecule has 1 aromatic heterocycles. The zero-order valence-corrected chi connectivity index (χ0v) is 18.4. The summed E-state index contributed by atoms with van der Waals surface area (Å²) < 4.78 is 1.94. The molecule has 7 nitrogen and oxygen atoms in total. The van der Waals surface area contributed by atoms with Crippen LogP contribution in [0.15, 0.2) is 36.4 Å². The first-order valence-corrected chi connectivity index (χ1v) is 10.0. The smallest absolute Gasteiger partial charge is 0.321 e. The van der Waals surface area contributed by atoms with Crippen molar-refractivity contribution in [2.24, 2.45) is 7.05 Å². The van der Waals surface area contributed by atoms with Gasteiger partial charge in [-0.15, -0.1) is 0 Å². The largest absolute Gasteiger partial charge is 0.350 e. The Kier molecular flexibility index (Phi) is 6.10. The highest BCUT2D eigenvalue weighted by molar-refractivity contribution is 5.97. The first kappa shape index (κ1) is 21.4. The van der Waals surface area contributed by atoms with Gasteiger partial charge in [0.15, 0.2) is 0 Å². The van der Waals surface area contributed by atoms with Gasteiger partial charge in [-0.05, 0) is 69.2 Å². The van der Waals surface area contributed by atoms with Crippen molar-refractivity contribution in [3.63, 3.8) is 0 Å². The average Bonchev–Trinajstić information content (AvgIpc) is 2.95. The Hall–Kier alpha value is -3.35. The molecule has 3 amide bonds. The number of carbonyl (C=O) groups excluding carboxylic acids is 2. The van der Waals surface area contributed by atoms with Crippen LogP contribution in [0.3, 0.4) is 0 Å². The molecule has 0 spiro atoms. The van der Waals surface area contributed by atoms with Gasteiger partial charge in [0, 0.05) is 31.4 Å². The van der Waals surface area contributed by atoms with Crippen molar-refractivity contribution >= 4 is 28.7 Å². The van der Waals surface area contributed by atoms with Crippen molar-refractivity contribution in [3.05, 3.63) is 58.9 Å². The van der Waals surface area contributed by atoms with Crippen LogP contribution in [0.25, 0.3) is 11.0 Å². The molecular formula is C23H29N5O2. The van der Waals surface area contributed by atoms with Crippen molar-refractivity contribution in [2.45, 2.75) is 40.3 Å². The fourth-order valence-electron chi connectivity index (χ4n) is 3.43. The maximum absolute atomic E-state index is 12.6. The predicted molar refractivity (Wildman–Crippen MR) is 120 cm³/mol. The van der Waals surface area contributed by atoms with E-state index in [2.05, 4.69) is 21.7 Å². The summed E-state index contributed by atoms with van der Waals surface area (Å²) in [5.41, 5.74) is 5.18. The van der Waals surface area contributed by atoms with E-state index in [9.17, 15) is 9.59 Å². The molecule has 2 aromatic carbocycles. The van der Waals surface area contributed by atoms with Crippen LogP contribution in [-0.2, 0) is 13.6 Å². The Morgan fingerprint density at radius 2 is 1.77 bits per heavy atom. The van der Waals surface area contributed by atoms with E-state index >= 15 is 0 Å². The van der Waals surface area contributed by atoms with Crippen LogP contribution in [0, 0.1) is 13.8 Å². The molecule has 0 radical (unpaired) electrons. The lowest BCUT2D eigenvalue weighted by atomic mass is 10.1. The van der Waals surface area contributed by atoms with Crippen LogP contribution < -0.4 is 10.6 Å². The number of fused-ring (bicyclic) bond motifs is 1. The number of aromatic nitrogens is 2. The molecule has 0 aliphatic rings. The number of anilines is 1. The van der Waals surface area contributed by atoms with Crippen molar-refractivity contribution in [1.29, 1.82) is 0 Å². The first-order valence-electron chi connectivity index (χ1n) is 10.0. The van der Waals surface area contributed by atoms with Gasteiger partial charge in [-0.25, -0.2) is 9.78 Å². The highest BCUT2D eigenvalue weighted by Gasteiger charge is 2.16. The van der Waals surface area contributed by atoms with Gasteiger partial charge in [0.1, 0.15) is 5.82 Å². The summed E-state index contributed by atoms with van der Waals surface area (Å²) in [4.78, 5) is 31.2. The molecule has 0 fully saturated rings. The lowest BCUT2D eigenvalue weighted by molar-refractivity contribution is 0.0943. The second-order valence-corrected chi connectivity index (χ2v) is 8.08. The van der Waals surface area contributed by atoms with Crippen LogP contribution in [0.2, 0.25) is 0 Å². The fraction of sp³-hybridized carbons (Fsp3) is 0.348. The number of aryl methyl sites for hydroxylation is 3. The van der Waals surface area contributed by atoms with Gasteiger partial charge in [-0.1, -0.05) is 6.07 Å². The van der Waals surface area contributed by atoms with Crippen molar-refractivity contribution in [2.75, 3.05) is 12.4 Å². The number of carbonyl (C=O) groups is 2. The molecule has 30 heavy (non-hydrogen) atoms. The van der Waals surface area contributed by atoms with Crippen LogP contribution >= 0.6 is 0 Å². The zero-order chi connectivity index (χ0) is 22.0. The molecule has 0 unspecified atom stereocenters. The molecule has 0 aliphatic carbocycles. The van der Waals surface area contributed by atoms with E-state index in [4.69, 9.17) is 0 Å². The van der Waals surface area contributed by atoms with Crippen molar-refractivity contribution < 1.29 is 9.59 Å². The number of benzene rings is 2. The molecular weight excluding hydrogens is 378 g/mol. The van der Waals surface area contributed by atoms with Crippen molar-refractivity contribution in [3.8, 4) is 0 Å². The minimum absolute atomic E-state index is 0.0665. The average molecular weight is 408 g/mol. The minimum Gasteiger partial charge on any atom is -0.350 e. The zero-order valence-electron chi connectivity index (χ0n) is 18.4. The van der Waals surface area contributed by atoms with Crippen LogP contribution in [0.1, 0.15) is 41.2 Å². The van der Waals surface area contributed by atoms with Gasteiger partial charge in [0.25, 0.3) is 5.91 Å². The highest BCUT2D eigenvalue weighted by atomic mass is 16.2. The molecule has 1 heterocycles. The van der Waals surface area contributed by atoms with E-state index < -0.39 is 0 Å². The van der Waals surface area contributed by atoms with Gasteiger partial charge in [0.05, 0.1) is 17.6 Å². The maximum Gasteiger partial charge on any atom is 0.321 e. The summed E-state index contributed by atoms with van der Waals surface area (Å²) in [6, 6.07) is 11.3. The van der Waals surface area contributed by atoms with E-state index in [0.29, 0.717) is 12.1 Å². The Morgan fingerprint density at radius 1 is 1.10 bits per heavy atom. The molecule has 0 saturated heterocycles. The standard InChI is InChI=1S/C23H29N5O2/c1-14(2)24-22(29)17-7-8-20-19(12-17)26-21(28(20)6)13-27(5)23(30)25-18-10-15(3)9-16(4)11-18/h7-12,14H,13H2,1-6H3,(H,24,29)(H,25,30). The predicted octanol–water partition coefficient (Wildman–Crippen LogP) is 3.99. The van der Waals surface area contributed by atoms with E-state index in [1.54, 1.807) is 24.1 Å². The number of hydrogen-bond donors (Lipinski definition) is 2. The summed E-state index contributed by atoms with van der Waals surface area (Å²) in [5.74, 6) is 0.619. The van der Waals surface area contributed by atoms with Crippen LogP contribution in [0.4, 0.5) is 10.5 Å². The molecule has 158 valence electrons. The molecule has 3 aromatic rings. The molecule has 7 heteroatoms. The SMILES string of the molecule is Cc1cc(C)cc(NC(=O)N(C)Cc2nc3cc(C(=O)NC(C)C)ccc3n2C)c1. The highest BCUT2D eigenvalue weighted by Crippen LogP contribution is 2.19. The van der Waals surface area contributed by atoms with Crippen LogP contribution in [0.5, 0.6) is 0 Å². The fourth-order valence-corrected chi connectivity index (χ4v) is 3.43. The Balaban J connectivity index is 1.76. The second-order valence-electron chi connectivity index (χ2n) is 8.08. The summed E-state index contributed by atoms with van der Waals surface area (Å²) in [6.07, 6.45) is 0. The van der Waals surface area contributed by atoms with Gasteiger partial charge in [-0.3, -0.25) is 4.79 Å². The molecule has 2 N–H and O–H groups in total. The van der Waals surface area contributed by atoms with Gasteiger partial charge in [0.2, 0.25) is 0 Å². The number of imidazole rings is 1. The maximum atomic E-state index is 12.6. The molecule has 0 bridgehead atoms. The van der Waals surface area contributed by atoms with E-state index in [1.165, 1.54) is 0 Å². The lowest BCUT2D eigenvalue weighted by Gasteiger charge is -2.18. The monoisotopic (exact) mass is 407 g/mol.